The molecule has 0 radical (unpaired) electrons. The maximum absolute atomic E-state index is 4.14. The Hall–Kier alpha value is -1.67. The molecular weight excluding hydrogens is 244 g/mol. The molecule has 0 bridgehead atoms. The summed E-state index contributed by atoms with van der Waals surface area (Å²) >= 11 is 0. The predicted octanol–water partition coefficient (Wildman–Crippen LogP) is 3.93. The third kappa shape index (κ3) is 2.91. The van der Waals surface area contributed by atoms with Crippen LogP contribution in [0.2, 0.25) is 0 Å². The standard InChI is InChI=1S/C18H22N2/c1-2-10-20-18(15-8-11-19-12-9-15)17-13-16(17)14-6-4-3-5-7-14/h3-9,11-12,16-18,20H,2,10,13H2,1H3. The molecule has 104 valence electrons. The maximum atomic E-state index is 4.14. The first kappa shape index (κ1) is 13.3. The lowest BCUT2D eigenvalue weighted by Gasteiger charge is -2.19. The zero-order chi connectivity index (χ0) is 13.8. The van der Waals surface area contributed by atoms with Crippen molar-refractivity contribution in [1.82, 2.24) is 10.3 Å². The summed E-state index contributed by atoms with van der Waals surface area (Å²) in [5.41, 5.74) is 2.85. The second-order valence-electron chi connectivity index (χ2n) is 5.63. The number of hydrogen-bond acceptors (Lipinski definition) is 2. The van der Waals surface area contributed by atoms with Gasteiger partial charge in [0.2, 0.25) is 0 Å². The highest BCUT2D eigenvalue weighted by molar-refractivity contribution is 5.29. The first-order valence-electron chi connectivity index (χ1n) is 7.58. The minimum absolute atomic E-state index is 0.461. The molecule has 0 aliphatic heterocycles. The van der Waals surface area contributed by atoms with Crippen molar-refractivity contribution >= 4 is 0 Å². The summed E-state index contributed by atoms with van der Waals surface area (Å²) in [6, 6.07) is 15.7. The summed E-state index contributed by atoms with van der Waals surface area (Å²) < 4.78 is 0. The zero-order valence-corrected chi connectivity index (χ0v) is 12.0. The SMILES string of the molecule is CCCNC(c1ccncc1)C1CC1c1ccccc1. The molecule has 2 aromatic rings. The first-order chi connectivity index (χ1) is 9.90. The minimum atomic E-state index is 0.461. The Labute approximate surface area is 121 Å². The Morgan fingerprint density at radius 1 is 1.15 bits per heavy atom. The van der Waals surface area contributed by atoms with Crippen molar-refractivity contribution in [2.75, 3.05) is 6.54 Å². The molecule has 2 nitrogen and oxygen atoms in total. The predicted molar refractivity (Wildman–Crippen MR) is 82.6 cm³/mol. The minimum Gasteiger partial charge on any atom is -0.310 e. The largest absolute Gasteiger partial charge is 0.310 e. The van der Waals surface area contributed by atoms with Crippen LogP contribution >= 0.6 is 0 Å². The molecular formula is C18H22N2. The highest BCUT2D eigenvalue weighted by Crippen LogP contribution is 2.53. The lowest BCUT2D eigenvalue weighted by molar-refractivity contribution is 0.473. The smallest absolute Gasteiger partial charge is 0.0355 e. The highest BCUT2D eigenvalue weighted by atomic mass is 14.9. The molecule has 1 aromatic heterocycles. The van der Waals surface area contributed by atoms with Gasteiger partial charge in [-0.05, 0) is 54.5 Å². The van der Waals surface area contributed by atoms with Crippen LogP contribution in [0.5, 0.6) is 0 Å². The highest BCUT2D eigenvalue weighted by Gasteiger charge is 2.43. The van der Waals surface area contributed by atoms with Crippen molar-refractivity contribution < 1.29 is 0 Å². The van der Waals surface area contributed by atoms with E-state index in [1.165, 1.54) is 24.0 Å². The van der Waals surface area contributed by atoms with E-state index in [0.717, 1.165) is 6.54 Å². The molecule has 20 heavy (non-hydrogen) atoms. The number of benzene rings is 1. The third-order valence-electron chi connectivity index (χ3n) is 4.18. The van der Waals surface area contributed by atoms with Crippen molar-refractivity contribution in [3.8, 4) is 0 Å². The van der Waals surface area contributed by atoms with Gasteiger partial charge in [0.15, 0.2) is 0 Å². The average Bonchev–Trinajstić information content (AvgIpc) is 3.30. The Morgan fingerprint density at radius 3 is 2.60 bits per heavy atom. The summed E-state index contributed by atoms with van der Waals surface area (Å²) in [7, 11) is 0. The Kier molecular flexibility index (Phi) is 4.12. The molecule has 3 unspecified atom stereocenters. The van der Waals surface area contributed by atoms with E-state index >= 15 is 0 Å². The van der Waals surface area contributed by atoms with E-state index in [0.29, 0.717) is 17.9 Å². The van der Waals surface area contributed by atoms with E-state index in [9.17, 15) is 0 Å². The second-order valence-corrected chi connectivity index (χ2v) is 5.63. The van der Waals surface area contributed by atoms with Crippen LogP contribution in [0.1, 0.15) is 42.9 Å². The maximum Gasteiger partial charge on any atom is 0.0355 e. The van der Waals surface area contributed by atoms with Crippen molar-refractivity contribution in [1.29, 1.82) is 0 Å². The molecule has 0 amide bonds. The normalized spacial score (nSPS) is 22.4. The zero-order valence-electron chi connectivity index (χ0n) is 12.0. The van der Waals surface area contributed by atoms with E-state index in [1.54, 1.807) is 0 Å². The number of nitrogens with one attached hydrogen (secondary N) is 1. The quantitative estimate of drug-likeness (QED) is 0.857. The van der Waals surface area contributed by atoms with E-state index in [2.05, 4.69) is 59.7 Å². The number of pyridine rings is 1. The fraction of sp³-hybridized carbons (Fsp3) is 0.389. The van der Waals surface area contributed by atoms with Gasteiger partial charge in [0, 0.05) is 18.4 Å². The van der Waals surface area contributed by atoms with E-state index in [4.69, 9.17) is 0 Å². The molecule has 1 fully saturated rings. The molecule has 1 saturated carbocycles. The Bertz CT molecular complexity index is 524. The Balaban J connectivity index is 1.75. The van der Waals surface area contributed by atoms with Gasteiger partial charge in [-0.3, -0.25) is 4.98 Å². The van der Waals surface area contributed by atoms with Crippen LogP contribution in [0.4, 0.5) is 0 Å². The summed E-state index contributed by atoms with van der Waals surface area (Å²) in [6.45, 7) is 3.29. The van der Waals surface area contributed by atoms with Gasteiger partial charge in [-0.2, -0.15) is 0 Å². The van der Waals surface area contributed by atoms with Crippen molar-refractivity contribution in [3.05, 3.63) is 66.0 Å². The molecule has 1 aromatic carbocycles. The monoisotopic (exact) mass is 266 g/mol. The molecule has 3 atom stereocenters. The van der Waals surface area contributed by atoms with Gasteiger partial charge in [0.1, 0.15) is 0 Å². The molecule has 2 heteroatoms. The molecule has 0 saturated heterocycles. The van der Waals surface area contributed by atoms with Crippen LogP contribution in [-0.4, -0.2) is 11.5 Å². The van der Waals surface area contributed by atoms with Crippen LogP contribution in [-0.2, 0) is 0 Å². The topological polar surface area (TPSA) is 24.9 Å². The third-order valence-corrected chi connectivity index (χ3v) is 4.18. The molecule has 0 spiro atoms. The van der Waals surface area contributed by atoms with E-state index in [-0.39, 0.29) is 0 Å². The van der Waals surface area contributed by atoms with Gasteiger partial charge in [0.05, 0.1) is 0 Å². The van der Waals surface area contributed by atoms with Crippen LogP contribution in [0.3, 0.4) is 0 Å². The van der Waals surface area contributed by atoms with Crippen LogP contribution in [0, 0.1) is 5.92 Å². The van der Waals surface area contributed by atoms with E-state index in [1.807, 2.05) is 12.4 Å². The van der Waals surface area contributed by atoms with Crippen molar-refractivity contribution in [3.63, 3.8) is 0 Å². The summed E-state index contributed by atoms with van der Waals surface area (Å²) in [6.07, 6.45) is 6.25. The van der Waals surface area contributed by atoms with Crippen LogP contribution in [0.25, 0.3) is 0 Å². The fourth-order valence-electron chi connectivity index (χ4n) is 3.05. The summed E-state index contributed by atoms with van der Waals surface area (Å²) in [5, 5.41) is 3.72. The van der Waals surface area contributed by atoms with Gasteiger partial charge >= 0.3 is 0 Å². The van der Waals surface area contributed by atoms with Crippen molar-refractivity contribution in [2.24, 2.45) is 5.92 Å². The molecule has 3 rings (SSSR count). The summed E-state index contributed by atoms with van der Waals surface area (Å²) in [4.78, 5) is 4.14. The lowest BCUT2D eigenvalue weighted by Crippen LogP contribution is -2.24. The van der Waals surface area contributed by atoms with Crippen molar-refractivity contribution in [2.45, 2.75) is 31.7 Å². The van der Waals surface area contributed by atoms with Gasteiger partial charge in [-0.1, -0.05) is 37.3 Å². The molecule has 1 aliphatic carbocycles. The second kappa shape index (κ2) is 6.19. The van der Waals surface area contributed by atoms with Gasteiger partial charge in [0.25, 0.3) is 0 Å². The van der Waals surface area contributed by atoms with Crippen LogP contribution in [0.15, 0.2) is 54.9 Å². The lowest BCUT2D eigenvalue weighted by atomic mass is 9.99. The van der Waals surface area contributed by atoms with Gasteiger partial charge < -0.3 is 5.32 Å². The van der Waals surface area contributed by atoms with Gasteiger partial charge in [-0.25, -0.2) is 0 Å². The number of aromatic nitrogens is 1. The number of nitrogens with zero attached hydrogens (tertiary/aromatic N) is 1. The number of rotatable bonds is 6. The Morgan fingerprint density at radius 2 is 1.90 bits per heavy atom. The number of hydrogen-bond donors (Lipinski definition) is 1. The molecule has 1 heterocycles. The van der Waals surface area contributed by atoms with Crippen LogP contribution < -0.4 is 5.32 Å². The summed E-state index contributed by atoms with van der Waals surface area (Å²) in [5.74, 6) is 1.42. The fourth-order valence-corrected chi connectivity index (χ4v) is 3.05. The average molecular weight is 266 g/mol. The first-order valence-corrected chi connectivity index (χ1v) is 7.58. The van der Waals surface area contributed by atoms with Gasteiger partial charge in [-0.15, -0.1) is 0 Å². The van der Waals surface area contributed by atoms with E-state index < -0.39 is 0 Å². The molecule has 1 aliphatic rings. The molecule has 1 N–H and O–H groups in total.